The van der Waals surface area contributed by atoms with Crippen molar-refractivity contribution < 1.29 is 23.5 Å². The molecule has 2 heterocycles. The first-order valence-corrected chi connectivity index (χ1v) is 10.5. The Bertz CT molecular complexity index is 1010. The number of likely N-dealkylation sites (tertiary alicyclic amines) is 1. The third kappa shape index (κ3) is 4.21. The topological polar surface area (TPSA) is 69.0 Å². The zero-order valence-electron chi connectivity index (χ0n) is 16.4. The fourth-order valence-electron chi connectivity index (χ4n) is 3.31. The van der Waals surface area contributed by atoms with Crippen LogP contribution in [-0.2, 0) is 15.3 Å². The quantitative estimate of drug-likeness (QED) is 0.307. The molecule has 6 nitrogen and oxygen atoms in total. The van der Waals surface area contributed by atoms with E-state index in [1.54, 1.807) is 29.2 Å². The van der Waals surface area contributed by atoms with Crippen LogP contribution in [0.15, 0.2) is 70.4 Å². The largest absolute Gasteiger partial charge is 0.485 e. The summed E-state index contributed by atoms with van der Waals surface area (Å²) in [4.78, 5) is 26.4. The van der Waals surface area contributed by atoms with E-state index in [0.717, 1.165) is 28.0 Å². The summed E-state index contributed by atoms with van der Waals surface area (Å²) in [6.45, 7) is 0.968. The van der Waals surface area contributed by atoms with Crippen LogP contribution in [0.1, 0.15) is 15.9 Å². The Kier molecular flexibility index (Phi) is 6.09. The molecular formula is C23H21NO5S. The second-order valence-electron chi connectivity index (χ2n) is 6.88. The number of furan rings is 1. The van der Waals surface area contributed by atoms with Crippen LogP contribution in [0.3, 0.4) is 0 Å². The van der Waals surface area contributed by atoms with Crippen molar-refractivity contribution in [2.24, 2.45) is 0 Å². The monoisotopic (exact) mass is 423 g/mol. The highest BCUT2D eigenvalue weighted by Gasteiger charge is 2.31. The minimum absolute atomic E-state index is 0.179. The first-order valence-electron chi connectivity index (χ1n) is 9.50. The van der Waals surface area contributed by atoms with Gasteiger partial charge in [-0.25, -0.2) is 4.79 Å². The van der Waals surface area contributed by atoms with Gasteiger partial charge in [0.1, 0.15) is 17.4 Å². The molecule has 3 aromatic rings. The second-order valence-corrected chi connectivity index (χ2v) is 7.93. The summed E-state index contributed by atoms with van der Waals surface area (Å²) in [5.74, 6) is 0.595. The Morgan fingerprint density at radius 3 is 2.67 bits per heavy atom. The number of amides is 1. The molecule has 1 aliphatic heterocycles. The molecule has 1 saturated heterocycles. The zero-order valence-corrected chi connectivity index (χ0v) is 17.3. The molecule has 1 fully saturated rings. The molecule has 0 N–H and O–H groups in total. The maximum Gasteiger partial charge on any atom is 0.341 e. The van der Waals surface area contributed by atoms with Crippen LogP contribution in [0.25, 0.3) is 11.1 Å². The fraction of sp³-hybridized carbons (Fsp3) is 0.217. The van der Waals surface area contributed by atoms with Crippen molar-refractivity contribution in [1.82, 2.24) is 4.90 Å². The molecule has 1 amide bonds. The van der Waals surface area contributed by atoms with E-state index in [9.17, 15) is 9.59 Å². The molecule has 1 aromatic heterocycles. The molecule has 154 valence electrons. The number of esters is 1. The van der Waals surface area contributed by atoms with Gasteiger partial charge in [0.25, 0.3) is 0 Å². The summed E-state index contributed by atoms with van der Waals surface area (Å²) in [7, 11) is 1.36. The zero-order chi connectivity index (χ0) is 20.9. The van der Waals surface area contributed by atoms with E-state index in [1.165, 1.54) is 7.11 Å². The third-order valence-corrected chi connectivity index (χ3v) is 5.97. The number of carbonyl (C=O) groups is 2. The molecule has 0 unspecified atom stereocenters. The first kappa shape index (κ1) is 20.1. The number of carbonyl (C=O) groups excluding carboxylic acids is 2. The van der Waals surface area contributed by atoms with Gasteiger partial charge in [0.15, 0.2) is 0 Å². The predicted octanol–water partition coefficient (Wildman–Crippen LogP) is 4.24. The Balaban J connectivity index is 1.72. The van der Waals surface area contributed by atoms with E-state index in [-0.39, 0.29) is 6.10 Å². The molecule has 0 radical (unpaired) electrons. The molecule has 0 aliphatic carbocycles. The lowest BCUT2D eigenvalue weighted by molar-refractivity contribution is -0.126. The molecule has 1 aliphatic rings. The van der Waals surface area contributed by atoms with Crippen LogP contribution >= 0.6 is 11.8 Å². The van der Waals surface area contributed by atoms with Crippen LogP contribution in [0.2, 0.25) is 0 Å². The van der Waals surface area contributed by atoms with Crippen molar-refractivity contribution in [2.45, 2.75) is 16.8 Å². The molecular weight excluding hydrogens is 402 g/mol. The lowest BCUT2D eigenvalue weighted by Gasteiger charge is -2.37. The number of thioether (sulfide) groups is 1. The summed E-state index contributed by atoms with van der Waals surface area (Å²) in [6.07, 6.45) is 3.81. The summed E-state index contributed by atoms with van der Waals surface area (Å²) in [5.41, 5.74) is 2.79. The smallest absolute Gasteiger partial charge is 0.341 e. The maximum absolute atomic E-state index is 12.8. The van der Waals surface area contributed by atoms with Gasteiger partial charge in [-0.1, -0.05) is 30.3 Å². The number of benzene rings is 2. The minimum atomic E-state index is -0.453. The number of hydrogen-bond acceptors (Lipinski definition) is 6. The Labute approximate surface area is 178 Å². The van der Waals surface area contributed by atoms with Gasteiger partial charge in [0, 0.05) is 21.8 Å². The van der Waals surface area contributed by atoms with Crippen molar-refractivity contribution in [1.29, 1.82) is 0 Å². The van der Waals surface area contributed by atoms with Crippen molar-refractivity contribution in [3.8, 4) is 16.9 Å². The number of rotatable bonds is 8. The van der Waals surface area contributed by atoms with Gasteiger partial charge < -0.3 is 18.8 Å². The molecule has 0 spiro atoms. The normalized spacial score (nSPS) is 13.6. The molecule has 0 saturated carbocycles. The van der Waals surface area contributed by atoms with Gasteiger partial charge in [-0.2, -0.15) is 0 Å². The van der Waals surface area contributed by atoms with Crippen molar-refractivity contribution in [3.05, 3.63) is 72.2 Å². The van der Waals surface area contributed by atoms with Crippen molar-refractivity contribution in [2.75, 3.05) is 20.2 Å². The van der Waals surface area contributed by atoms with Crippen LogP contribution in [0, 0.1) is 0 Å². The predicted molar refractivity (Wildman–Crippen MR) is 114 cm³/mol. The fourth-order valence-corrected chi connectivity index (χ4v) is 4.22. The number of nitrogens with zero attached hydrogens (tertiary/aromatic N) is 1. The summed E-state index contributed by atoms with van der Waals surface area (Å²) in [6, 6.07) is 15.7. The molecule has 30 heavy (non-hydrogen) atoms. The highest BCUT2D eigenvalue weighted by Crippen LogP contribution is 2.39. The standard InChI is InChI=1S/C23H21NO5S/c1-27-23(26)21-17(14-30-19-5-3-2-4-6-19)7-8-20(16-9-10-28-13-16)22(21)29-18-11-24(12-18)15-25/h2-10,13,15,18H,11-12,14H2,1H3. The van der Waals surface area contributed by atoms with Gasteiger partial charge in [0.2, 0.25) is 6.41 Å². The van der Waals surface area contributed by atoms with Crippen molar-refractivity contribution >= 4 is 24.1 Å². The van der Waals surface area contributed by atoms with E-state index < -0.39 is 5.97 Å². The van der Waals surface area contributed by atoms with Gasteiger partial charge in [0.05, 0.1) is 32.7 Å². The van der Waals surface area contributed by atoms with Crippen LogP contribution < -0.4 is 4.74 Å². The average molecular weight is 423 g/mol. The van der Waals surface area contributed by atoms with E-state index in [1.807, 2.05) is 48.5 Å². The van der Waals surface area contributed by atoms with Gasteiger partial charge >= 0.3 is 5.97 Å². The molecule has 0 atom stereocenters. The lowest BCUT2D eigenvalue weighted by Crippen LogP contribution is -2.53. The van der Waals surface area contributed by atoms with E-state index in [0.29, 0.717) is 30.2 Å². The van der Waals surface area contributed by atoms with Crippen LogP contribution in [0.4, 0.5) is 0 Å². The summed E-state index contributed by atoms with van der Waals surface area (Å²) >= 11 is 1.63. The van der Waals surface area contributed by atoms with Gasteiger partial charge in [-0.15, -0.1) is 11.8 Å². The lowest BCUT2D eigenvalue weighted by atomic mass is 9.99. The Morgan fingerprint density at radius 2 is 2.00 bits per heavy atom. The van der Waals surface area contributed by atoms with E-state index in [4.69, 9.17) is 13.9 Å². The van der Waals surface area contributed by atoms with Crippen molar-refractivity contribution in [3.63, 3.8) is 0 Å². The third-order valence-electron chi connectivity index (χ3n) is 4.91. The van der Waals surface area contributed by atoms with Gasteiger partial charge in [-0.3, -0.25) is 4.79 Å². The highest BCUT2D eigenvalue weighted by atomic mass is 32.2. The van der Waals surface area contributed by atoms with Gasteiger partial charge in [-0.05, 0) is 23.8 Å². The van der Waals surface area contributed by atoms with Crippen LogP contribution in [0.5, 0.6) is 5.75 Å². The van der Waals surface area contributed by atoms with Crippen LogP contribution in [-0.4, -0.2) is 43.6 Å². The second kappa shape index (κ2) is 9.09. The number of hydrogen-bond donors (Lipinski definition) is 0. The first-order chi connectivity index (χ1) is 14.7. The Hall–Kier alpha value is -3.19. The Morgan fingerprint density at radius 1 is 1.20 bits per heavy atom. The molecule has 2 aromatic carbocycles. The SMILES string of the molecule is COC(=O)c1c(CSc2ccccc2)ccc(-c2ccoc2)c1OC1CN(C=O)C1. The summed E-state index contributed by atoms with van der Waals surface area (Å²) in [5, 5.41) is 0. The average Bonchev–Trinajstić information content (AvgIpc) is 3.29. The molecule has 7 heteroatoms. The molecule has 0 bridgehead atoms. The van der Waals surface area contributed by atoms with E-state index >= 15 is 0 Å². The van der Waals surface area contributed by atoms with E-state index in [2.05, 4.69) is 0 Å². The number of ether oxygens (including phenoxy) is 2. The number of methoxy groups -OCH3 is 1. The minimum Gasteiger partial charge on any atom is -0.485 e. The highest BCUT2D eigenvalue weighted by molar-refractivity contribution is 7.98. The summed E-state index contributed by atoms with van der Waals surface area (Å²) < 4.78 is 16.6. The maximum atomic E-state index is 12.8. The molecule has 4 rings (SSSR count).